The Balaban J connectivity index is 1.82. The zero-order valence-electron chi connectivity index (χ0n) is 20.2. The molecule has 36 heavy (non-hydrogen) atoms. The van der Waals surface area contributed by atoms with Crippen LogP contribution in [0.15, 0.2) is 77.7 Å². The Morgan fingerprint density at radius 1 is 0.917 bits per heavy atom. The fourth-order valence-electron chi connectivity index (χ4n) is 3.55. The summed E-state index contributed by atoms with van der Waals surface area (Å²) in [6.07, 6.45) is -0.198. The van der Waals surface area contributed by atoms with E-state index in [4.69, 9.17) is 0 Å². The predicted octanol–water partition coefficient (Wildman–Crippen LogP) is 4.19. The second-order valence-electron chi connectivity index (χ2n) is 9.47. The lowest BCUT2D eigenvalue weighted by Gasteiger charge is -2.21. The normalized spacial score (nSPS) is 12.7. The molecule has 0 radical (unpaired) electrons. The van der Waals surface area contributed by atoms with Gasteiger partial charge < -0.3 is 5.32 Å². The van der Waals surface area contributed by atoms with Crippen LogP contribution in [0.3, 0.4) is 0 Å². The highest BCUT2D eigenvalue weighted by molar-refractivity contribution is 7.89. The molecule has 3 rings (SSSR count). The van der Waals surface area contributed by atoms with Crippen molar-refractivity contribution in [2.24, 2.45) is 0 Å². The van der Waals surface area contributed by atoms with Crippen LogP contribution in [0.5, 0.6) is 0 Å². The van der Waals surface area contributed by atoms with Gasteiger partial charge in [-0.25, -0.2) is 21.9 Å². The number of sulfonamides is 1. The van der Waals surface area contributed by atoms with E-state index in [1.165, 1.54) is 24.3 Å². The number of nitrogens with one attached hydrogen (secondary N) is 2. The Morgan fingerprint density at radius 3 is 2.14 bits per heavy atom. The zero-order valence-corrected chi connectivity index (χ0v) is 21.0. The van der Waals surface area contributed by atoms with Gasteiger partial charge in [0.2, 0.25) is 10.0 Å². The van der Waals surface area contributed by atoms with Gasteiger partial charge in [0, 0.05) is 17.5 Å². The molecule has 0 heterocycles. The molecule has 0 saturated heterocycles. The lowest BCUT2D eigenvalue weighted by molar-refractivity contribution is -0.120. The van der Waals surface area contributed by atoms with Crippen molar-refractivity contribution in [3.8, 4) is 0 Å². The van der Waals surface area contributed by atoms with Gasteiger partial charge in [0.05, 0.1) is 10.9 Å². The topological polar surface area (TPSA) is 92.3 Å². The Kier molecular flexibility index (Phi) is 8.37. The van der Waals surface area contributed by atoms with Gasteiger partial charge in [-0.1, -0.05) is 36.4 Å². The van der Waals surface area contributed by atoms with Gasteiger partial charge in [-0.3, -0.25) is 9.59 Å². The predicted molar refractivity (Wildman–Crippen MR) is 133 cm³/mol. The van der Waals surface area contributed by atoms with E-state index in [2.05, 4.69) is 10.0 Å². The van der Waals surface area contributed by atoms with Gasteiger partial charge in [-0.15, -0.1) is 0 Å². The molecule has 0 aliphatic carbocycles. The van der Waals surface area contributed by atoms with Crippen molar-refractivity contribution < 1.29 is 26.8 Å². The smallest absolute Gasteiger partial charge is 0.251 e. The highest BCUT2D eigenvalue weighted by Crippen LogP contribution is 2.19. The van der Waals surface area contributed by atoms with E-state index in [-0.39, 0.29) is 28.9 Å². The summed E-state index contributed by atoms with van der Waals surface area (Å²) in [5, 5.41) is 2.66. The first-order valence-electron chi connectivity index (χ1n) is 11.3. The highest BCUT2D eigenvalue weighted by atomic mass is 32.2. The van der Waals surface area contributed by atoms with Crippen molar-refractivity contribution in [2.45, 2.75) is 50.1 Å². The second-order valence-corrected chi connectivity index (χ2v) is 11.2. The molecule has 0 unspecified atom stereocenters. The molecule has 0 aliphatic rings. The van der Waals surface area contributed by atoms with Gasteiger partial charge in [-0.2, -0.15) is 0 Å². The summed E-state index contributed by atoms with van der Waals surface area (Å²) in [4.78, 5) is 25.7. The van der Waals surface area contributed by atoms with E-state index in [0.29, 0.717) is 0 Å². The van der Waals surface area contributed by atoms with Crippen molar-refractivity contribution in [3.05, 3.63) is 101 Å². The molecule has 0 aromatic heterocycles. The molecule has 0 fully saturated rings. The van der Waals surface area contributed by atoms with Crippen LogP contribution in [-0.2, 0) is 27.7 Å². The van der Waals surface area contributed by atoms with Crippen LogP contribution < -0.4 is 10.0 Å². The first kappa shape index (κ1) is 27.2. The lowest BCUT2D eigenvalue weighted by atomic mass is 9.97. The minimum Gasteiger partial charge on any atom is -0.342 e. The number of rotatable bonds is 9. The summed E-state index contributed by atoms with van der Waals surface area (Å²) >= 11 is 0. The number of carbonyl (C=O) groups is 2. The third-order valence-electron chi connectivity index (χ3n) is 5.22. The maximum Gasteiger partial charge on any atom is 0.251 e. The average molecular weight is 515 g/mol. The van der Waals surface area contributed by atoms with Crippen molar-refractivity contribution >= 4 is 21.7 Å². The summed E-state index contributed by atoms with van der Waals surface area (Å²) in [5.74, 6) is -2.37. The molecule has 1 amide bonds. The standard InChI is InChI=1S/C27H28F2N2O4S/c1-27(2,3)31-36(34,35)22-14-11-20(23(29)17-22)16-25(32)24(15-18-7-5-4-6-8-18)30-26(33)19-9-12-21(28)13-10-19/h4-14,17,24,31H,15-16H2,1-3H3,(H,30,33)/t24-/m0/s1. The molecule has 6 nitrogen and oxygen atoms in total. The molecular weight excluding hydrogens is 486 g/mol. The Bertz CT molecular complexity index is 1340. The van der Waals surface area contributed by atoms with Crippen LogP contribution in [0.4, 0.5) is 8.78 Å². The average Bonchev–Trinajstić information content (AvgIpc) is 2.79. The van der Waals surface area contributed by atoms with E-state index in [0.717, 1.165) is 23.8 Å². The number of carbonyl (C=O) groups excluding carboxylic acids is 2. The summed E-state index contributed by atoms with van der Waals surface area (Å²) in [6, 6.07) is 16.3. The third kappa shape index (κ3) is 7.53. The molecule has 1 atom stereocenters. The van der Waals surface area contributed by atoms with Crippen molar-refractivity contribution in [3.63, 3.8) is 0 Å². The van der Waals surface area contributed by atoms with Gasteiger partial charge in [-0.05, 0) is 74.7 Å². The fraction of sp³-hybridized carbons (Fsp3) is 0.259. The Morgan fingerprint density at radius 2 is 1.56 bits per heavy atom. The molecule has 0 aliphatic heterocycles. The monoisotopic (exact) mass is 514 g/mol. The molecule has 0 saturated carbocycles. The Labute approximate surface area is 209 Å². The van der Waals surface area contributed by atoms with Crippen LogP contribution in [0, 0.1) is 11.6 Å². The van der Waals surface area contributed by atoms with Crippen molar-refractivity contribution in [2.75, 3.05) is 0 Å². The number of Topliss-reactive ketones (excluding diaryl/α,β-unsaturated/α-hetero) is 1. The summed E-state index contributed by atoms with van der Waals surface area (Å²) in [6.45, 7) is 5.00. The lowest BCUT2D eigenvalue weighted by Crippen LogP contribution is -2.43. The van der Waals surface area contributed by atoms with Gasteiger partial charge >= 0.3 is 0 Å². The highest BCUT2D eigenvalue weighted by Gasteiger charge is 2.26. The van der Waals surface area contributed by atoms with Crippen LogP contribution in [0.2, 0.25) is 0 Å². The van der Waals surface area contributed by atoms with Gasteiger partial charge in [0.1, 0.15) is 11.6 Å². The Hall–Kier alpha value is -3.43. The molecule has 190 valence electrons. The van der Waals surface area contributed by atoms with Gasteiger partial charge in [0.15, 0.2) is 5.78 Å². The first-order chi connectivity index (χ1) is 16.8. The fourth-order valence-corrected chi connectivity index (χ4v) is 4.98. The largest absolute Gasteiger partial charge is 0.342 e. The SMILES string of the molecule is CC(C)(C)NS(=O)(=O)c1ccc(CC(=O)[C@H](Cc2ccccc2)NC(=O)c2ccc(F)cc2)c(F)c1. The molecule has 0 spiro atoms. The number of hydrogen-bond donors (Lipinski definition) is 2. The molecule has 0 bridgehead atoms. The molecule has 3 aromatic carbocycles. The maximum atomic E-state index is 14.9. The summed E-state index contributed by atoms with van der Waals surface area (Å²) in [7, 11) is -3.95. The van der Waals surface area contributed by atoms with Crippen molar-refractivity contribution in [1.82, 2.24) is 10.0 Å². The number of ketones is 1. The van der Waals surface area contributed by atoms with E-state index in [1.54, 1.807) is 45.0 Å². The van der Waals surface area contributed by atoms with E-state index < -0.39 is 44.9 Å². The molecule has 3 aromatic rings. The molecule has 9 heteroatoms. The van der Waals surface area contributed by atoms with Crippen molar-refractivity contribution in [1.29, 1.82) is 0 Å². The van der Waals surface area contributed by atoms with E-state index in [9.17, 15) is 26.8 Å². The number of amides is 1. The van der Waals surface area contributed by atoms with Crippen LogP contribution >= 0.6 is 0 Å². The maximum absolute atomic E-state index is 14.9. The minimum atomic E-state index is -3.95. The second kappa shape index (κ2) is 11.1. The van der Waals surface area contributed by atoms with E-state index >= 15 is 0 Å². The minimum absolute atomic E-state index is 0.00352. The number of halogens is 2. The molecule has 2 N–H and O–H groups in total. The zero-order chi connectivity index (χ0) is 26.5. The van der Waals surface area contributed by atoms with Crippen LogP contribution in [-0.4, -0.2) is 31.7 Å². The van der Waals surface area contributed by atoms with Crippen LogP contribution in [0.1, 0.15) is 42.3 Å². The third-order valence-corrected chi connectivity index (χ3v) is 6.98. The van der Waals surface area contributed by atoms with Gasteiger partial charge in [0.25, 0.3) is 5.91 Å². The number of benzene rings is 3. The van der Waals surface area contributed by atoms with Crippen LogP contribution in [0.25, 0.3) is 0 Å². The quantitative estimate of drug-likeness (QED) is 0.448. The summed E-state index contributed by atoms with van der Waals surface area (Å²) in [5.41, 5.74) is 0.209. The summed E-state index contributed by atoms with van der Waals surface area (Å²) < 4.78 is 55.6. The molecular formula is C27H28F2N2O4S. The van der Waals surface area contributed by atoms with E-state index in [1.807, 2.05) is 6.07 Å². The first-order valence-corrected chi connectivity index (χ1v) is 12.8. The number of hydrogen-bond acceptors (Lipinski definition) is 4.